The molecule has 0 fully saturated rings. The van der Waals surface area contributed by atoms with Gasteiger partial charge in [-0.2, -0.15) is 0 Å². The van der Waals surface area contributed by atoms with Crippen LogP contribution in [0.4, 0.5) is 0 Å². The van der Waals surface area contributed by atoms with Gasteiger partial charge in [0.1, 0.15) is 0 Å². The second-order valence-electron chi connectivity index (χ2n) is 4.38. The van der Waals surface area contributed by atoms with Crippen LogP contribution in [0.3, 0.4) is 0 Å². The molecule has 0 aliphatic carbocycles. The van der Waals surface area contributed by atoms with Crippen LogP contribution in [-0.4, -0.2) is 4.98 Å². The highest BCUT2D eigenvalue weighted by Crippen LogP contribution is 2.38. The van der Waals surface area contributed by atoms with Gasteiger partial charge in [-0.3, -0.25) is 0 Å². The molecule has 0 amide bonds. The summed E-state index contributed by atoms with van der Waals surface area (Å²) in [7, 11) is 0. The fourth-order valence-electron chi connectivity index (χ4n) is 2.20. The highest BCUT2D eigenvalue weighted by atomic mass is 79.9. The lowest BCUT2D eigenvalue weighted by Crippen LogP contribution is -1.83. The van der Waals surface area contributed by atoms with E-state index in [1.165, 1.54) is 26.3 Å². The van der Waals surface area contributed by atoms with Crippen LogP contribution in [0, 0.1) is 0 Å². The Morgan fingerprint density at radius 3 is 2.74 bits per heavy atom. The third-order valence-electron chi connectivity index (χ3n) is 3.19. The molecular formula is C16H14BrNS. The number of hydrogen-bond acceptors (Lipinski definition) is 1. The normalized spacial score (nSPS) is 11.1. The summed E-state index contributed by atoms with van der Waals surface area (Å²) in [5.41, 5.74) is 2.57. The maximum Gasteiger partial charge on any atom is 0.0477 e. The monoisotopic (exact) mass is 331 g/mol. The quantitative estimate of drug-likeness (QED) is 0.656. The summed E-state index contributed by atoms with van der Waals surface area (Å²) < 4.78 is 1.14. The number of hydrogen-bond donors (Lipinski definition) is 1. The molecule has 0 saturated carbocycles. The number of rotatable bonds is 3. The number of fused-ring (bicyclic) bond motifs is 1. The van der Waals surface area contributed by atoms with Crippen molar-refractivity contribution in [2.24, 2.45) is 0 Å². The third kappa shape index (κ3) is 2.45. The van der Waals surface area contributed by atoms with Gasteiger partial charge in [0, 0.05) is 31.4 Å². The minimum absolute atomic E-state index is 1.06. The van der Waals surface area contributed by atoms with Gasteiger partial charge in [-0.25, -0.2) is 0 Å². The molecule has 0 atom stereocenters. The third-order valence-corrected chi connectivity index (χ3v) is 5.01. The van der Waals surface area contributed by atoms with E-state index in [2.05, 4.69) is 76.5 Å². The summed E-state index contributed by atoms with van der Waals surface area (Å²) >= 11 is 5.47. The average molecular weight is 332 g/mol. The van der Waals surface area contributed by atoms with Crippen LogP contribution in [0.25, 0.3) is 10.9 Å². The van der Waals surface area contributed by atoms with Gasteiger partial charge >= 0.3 is 0 Å². The van der Waals surface area contributed by atoms with E-state index < -0.39 is 0 Å². The van der Waals surface area contributed by atoms with Gasteiger partial charge in [-0.1, -0.05) is 58.9 Å². The predicted molar refractivity (Wildman–Crippen MR) is 85.9 cm³/mol. The first-order chi connectivity index (χ1) is 9.29. The second-order valence-corrected chi connectivity index (χ2v) is 6.32. The van der Waals surface area contributed by atoms with E-state index in [1.807, 2.05) is 11.8 Å². The average Bonchev–Trinajstić information content (AvgIpc) is 2.84. The zero-order valence-electron chi connectivity index (χ0n) is 10.6. The summed E-state index contributed by atoms with van der Waals surface area (Å²) in [4.78, 5) is 5.94. The van der Waals surface area contributed by atoms with Crippen molar-refractivity contribution < 1.29 is 0 Å². The molecule has 3 aromatic rings. The molecular weight excluding hydrogens is 318 g/mol. The fourth-order valence-corrected chi connectivity index (χ4v) is 4.08. The number of aromatic amines is 1. The molecule has 0 aliphatic rings. The zero-order valence-corrected chi connectivity index (χ0v) is 13.0. The fraction of sp³-hybridized carbons (Fsp3) is 0.125. The van der Waals surface area contributed by atoms with Crippen molar-refractivity contribution in [3.63, 3.8) is 0 Å². The molecule has 1 nitrogen and oxygen atoms in total. The molecule has 0 aliphatic heterocycles. The Bertz CT molecular complexity index is 718. The van der Waals surface area contributed by atoms with Crippen molar-refractivity contribution in [2.45, 2.75) is 23.1 Å². The first-order valence-electron chi connectivity index (χ1n) is 6.31. The molecule has 2 aromatic carbocycles. The number of halogens is 1. The molecule has 0 saturated heterocycles. The van der Waals surface area contributed by atoms with Crippen molar-refractivity contribution in [3.8, 4) is 0 Å². The van der Waals surface area contributed by atoms with Crippen molar-refractivity contribution in [3.05, 3.63) is 58.7 Å². The lowest BCUT2D eigenvalue weighted by molar-refractivity contribution is 1.08. The largest absolute Gasteiger partial charge is 0.360 e. The lowest BCUT2D eigenvalue weighted by atomic mass is 10.2. The van der Waals surface area contributed by atoms with E-state index in [4.69, 9.17) is 0 Å². The number of nitrogens with one attached hydrogen (secondary N) is 1. The highest BCUT2D eigenvalue weighted by Gasteiger charge is 2.10. The van der Waals surface area contributed by atoms with Crippen LogP contribution in [0.1, 0.15) is 12.5 Å². The minimum atomic E-state index is 1.06. The van der Waals surface area contributed by atoms with E-state index in [0.717, 1.165) is 10.9 Å². The van der Waals surface area contributed by atoms with Crippen molar-refractivity contribution in [1.82, 2.24) is 4.98 Å². The van der Waals surface area contributed by atoms with E-state index in [-0.39, 0.29) is 0 Å². The Hall–Kier alpha value is -1.19. The van der Waals surface area contributed by atoms with Crippen molar-refractivity contribution in [2.75, 3.05) is 0 Å². The van der Waals surface area contributed by atoms with Crippen molar-refractivity contribution in [1.29, 1.82) is 0 Å². The van der Waals surface area contributed by atoms with Gasteiger partial charge < -0.3 is 4.98 Å². The Morgan fingerprint density at radius 1 is 1.05 bits per heavy atom. The van der Waals surface area contributed by atoms with E-state index in [9.17, 15) is 0 Å². The van der Waals surface area contributed by atoms with Crippen LogP contribution in [0.15, 0.2) is 62.9 Å². The smallest absolute Gasteiger partial charge is 0.0477 e. The van der Waals surface area contributed by atoms with Gasteiger partial charge in [0.2, 0.25) is 0 Å². The maximum absolute atomic E-state index is 3.64. The van der Waals surface area contributed by atoms with Crippen LogP contribution in [0.5, 0.6) is 0 Å². The topological polar surface area (TPSA) is 15.8 Å². The van der Waals surface area contributed by atoms with E-state index in [1.54, 1.807) is 0 Å². The van der Waals surface area contributed by atoms with E-state index >= 15 is 0 Å². The Kier molecular flexibility index (Phi) is 3.67. The molecule has 0 spiro atoms. The Morgan fingerprint density at radius 2 is 1.89 bits per heavy atom. The van der Waals surface area contributed by atoms with Gasteiger partial charge in [0.05, 0.1) is 0 Å². The standard InChI is InChI=1S/C16H14BrNS/c1-2-11-6-3-4-9-14(11)19-15-10-18-13-8-5-7-12(17)16(13)15/h3-10,18H,2H2,1H3. The van der Waals surface area contributed by atoms with Crippen molar-refractivity contribution >= 4 is 38.6 Å². The molecule has 0 radical (unpaired) electrons. The summed E-state index contributed by atoms with van der Waals surface area (Å²) in [6, 6.07) is 14.9. The predicted octanol–water partition coefficient (Wildman–Crippen LogP) is 5.64. The second kappa shape index (κ2) is 5.43. The summed E-state index contributed by atoms with van der Waals surface area (Å²) in [5.74, 6) is 0. The zero-order chi connectivity index (χ0) is 13.2. The summed E-state index contributed by atoms with van der Waals surface area (Å²) in [5, 5.41) is 1.26. The molecule has 0 unspecified atom stereocenters. The molecule has 1 N–H and O–H groups in total. The molecule has 3 rings (SSSR count). The molecule has 1 aromatic heterocycles. The first-order valence-corrected chi connectivity index (χ1v) is 7.92. The molecule has 0 bridgehead atoms. The first kappa shape index (κ1) is 12.8. The maximum atomic E-state index is 3.64. The lowest BCUT2D eigenvalue weighted by Gasteiger charge is -2.06. The van der Waals surface area contributed by atoms with E-state index in [0.29, 0.717) is 0 Å². The number of aromatic nitrogens is 1. The van der Waals surface area contributed by atoms with Gasteiger partial charge in [-0.15, -0.1) is 0 Å². The molecule has 3 heteroatoms. The molecule has 96 valence electrons. The van der Waals surface area contributed by atoms with Crippen LogP contribution in [-0.2, 0) is 6.42 Å². The van der Waals surface area contributed by atoms with Crippen LogP contribution >= 0.6 is 27.7 Å². The van der Waals surface area contributed by atoms with Gasteiger partial charge in [0.15, 0.2) is 0 Å². The van der Waals surface area contributed by atoms with Crippen LogP contribution < -0.4 is 0 Å². The summed E-state index contributed by atoms with van der Waals surface area (Å²) in [6.07, 6.45) is 3.15. The number of benzene rings is 2. The molecule has 19 heavy (non-hydrogen) atoms. The minimum Gasteiger partial charge on any atom is -0.360 e. The van der Waals surface area contributed by atoms with Gasteiger partial charge in [0.25, 0.3) is 0 Å². The SMILES string of the molecule is CCc1ccccc1Sc1c[nH]c2cccc(Br)c12. The molecule has 1 heterocycles. The summed E-state index contributed by atoms with van der Waals surface area (Å²) in [6.45, 7) is 2.20. The highest BCUT2D eigenvalue weighted by molar-refractivity contribution is 9.10. The van der Waals surface area contributed by atoms with Gasteiger partial charge in [-0.05, 0) is 30.2 Å². The number of aryl methyl sites for hydroxylation is 1. The number of H-pyrrole nitrogens is 1. The Labute approximate surface area is 125 Å². The van der Waals surface area contributed by atoms with Crippen LogP contribution in [0.2, 0.25) is 0 Å². The Balaban J connectivity index is 2.06.